The number of hydrogen-bond acceptors (Lipinski definition) is 4. The second kappa shape index (κ2) is 6.73. The molecule has 0 aliphatic carbocycles. The van der Waals surface area contributed by atoms with Crippen molar-refractivity contribution in [3.63, 3.8) is 0 Å². The van der Waals surface area contributed by atoms with Gasteiger partial charge in [0.25, 0.3) is 5.91 Å². The Morgan fingerprint density at radius 1 is 0.960 bits per heavy atom. The lowest BCUT2D eigenvalue weighted by Gasteiger charge is -2.14. The molecule has 0 aliphatic heterocycles. The summed E-state index contributed by atoms with van der Waals surface area (Å²) in [7, 11) is 3.10. The van der Waals surface area contributed by atoms with Crippen molar-refractivity contribution in [1.29, 1.82) is 0 Å². The van der Waals surface area contributed by atoms with Crippen molar-refractivity contribution in [1.82, 2.24) is 0 Å². The number of carbonyl (C=O) groups is 1. The third kappa shape index (κ3) is 3.21. The highest BCUT2D eigenvalue weighted by Gasteiger charge is 2.16. The SMILES string of the molecule is COc1cc(NC(=O)c2cc3ccccc3cc2O)c(OC)cc1C. The molecule has 0 saturated carbocycles. The Labute approximate surface area is 145 Å². The van der Waals surface area contributed by atoms with Crippen LogP contribution in [0.1, 0.15) is 15.9 Å². The van der Waals surface area contributed by atoms with E-state index in [1.807, 2.05) is 31.2 Å². The Hall–Kier alpha value is -3.21. The topological polar surface area (TPSA) is 67.8 Å². The molecule has 0 fully saturated rings. The summed E-state index contributed by atoms with van der Waals surface area (Å²) >= 11 is 0. The van der Waals surface area contributed by atoms with Crippen molar-refractivity contribution in [2.75, 3.05) is 19.5 Å². The molecule has 0 aromatic heterocycles. The van der Waals surface area contributed by atoms with Gasteiger partial charge in [-0.2, -0.15) is 0 Å². The van der Waals surface area contributed by atoms with Gasteiger partial charge in [-0.25, -0.2) is 0 Å². The number of phenols is 1. The van der Waals surface area contributed by atoms with Crippen molar-refractivity contribution in [2.45, 2.75) is 6.92 Å². The van der Waals surface area contributed by atoms with Gasteiger partial charge >= 0.3 is 0 Å². The Balaban J connectivity index is 1.99. The molecule has 0 atom stereocenters. The van der Waals surface area contributed by atoms with E-state index in [4.69, 9.17) is 9.47 Å². The summed E-state index contributed by atoms with van der Waals surface area (Å²) < 4.78 is 10.6. The minimum Gasteiger partial charge on any atom is -0.507 e. The molecule has 0 radical (unpaired) electrons. The zero-order valence-electron chi connectivity index (χ0n) is 14.3. The van der Waals surface area contributed by atoms with Crippen LogP contribution in [0.5, 0.6) is 17.2 Å². The van der Waals surface area contributed by atoms with E-state index in [1.165, 1.54) is 7.11 Å². The largest absolute Gasteiger partial charge is 0.507 e. The summed E-state index contributed by atoms with van der Waals surface area (Å²) in [5.41, 5.74) is 1.56. The van der Waals surface area contributed by atoms with Gasteiger partial charge in [0, 0.05) is 6.07 Å². The van der Waals surface area contributed by atoms with E-state index in [2.05, 4.69) is 5.32 Å². The lowest BCUT2D eigenvalue weighted by atomic mass is 10.1. The van der Waals surface area contributed by atoms with Gasteiger partial charge in [0.1, 0.15) is 17.2 Å². The summed E-state index contributed by atoms with van der Waals surface area (Å²) in [6.07, 6.45) is 0. The molecule has 0 aliphatic rings. The molecular weight excluding hydrogens is 318 g/mol. The van der Waals surface area contributed by atoms with Gasteiger partial charge in [-0.3, -0.25) is 4.79 Å². The molecule has 0 spiro atoms. The normalized spacial score (nSPS) is 10.5. The van der Waals surface area contributed by atoms with Gasteiger partial charge in [0.05, 0.1) is 25.5 Å². The molecule has 3 aromatic carbocycles. The van der Waals surface area contributed by atoms with Gasteiger partial charge in [0.15, 0.2) is 0 Å². The third-order valence-corrected chi connectivity index (χ3v) is 4.07. The Morgan fingerprint density at radius 3 is 2.24 bits per heavy atom. The van der Waals surface area contributed by atoms with Gasteiger partial charge in [-0.1, -0.05) is 24.3 Å². The van der Waals surface area contributed by atoms with Crippen molar-refractivity contribution < 1.29 is 19.4 Å². The van der Waals surface area contributed by atoms with Crippen molar-refractivity contribution in [2.24, 2.45) is 0 Å². The predicted octanol–water partition coefficient (Wildman–Crippen LogP) is 4.12. The number of methoxy groups -OCH3 is 2. The summed E-state index contributed by atoms with van der Waals surface area (Å²) in [6.45, 7) is 1.89. The maximum atomic E-state index is 12.7. The highest BCUT2D eigenvalue weighted by molar-refractivity contribution is 6.09. The van der Waals surface area contributed by atoms with Crippen LogP contribution in [-0.2, 0) is 0 Å². The van der Waals surface area contributed by atoms with E-state index in [-0.39, 0.29) is 11.3 Å². The number of fused-ring (bicyclic) bond motifs is 1. The molecule has 0 unspecified atom stereocenters. The first kappa shape index (κ1) is 16.6. The third-order valence-electron chi connectivity index (χ3n) is 4.07. The van der Waals surface area contributed by atoms with Crippen LogP contribution in [0.15, 0.2) is 48.5 Å². The number of phenolic OH excluding ortho intramolecular Hbond substituents is 1. The van der Waals surface area contributed by atoms with Crippen LogP contribution in [0.3, 0.4) is 0 Å². The molecular formula is C20H19NO4. The standard InChI is InChI=1S/C20H19NO4/c1-12-8-19(25-3)16(11-18(12)24-2)21-20(23)15-9-13-6-4-5-7-14(13)10-17(15)22/h4-11,22H,1-3H3,(H,21,23). The van der Waals surface area contributed by atoms with Crippen LogP contribution in [0.25, 0.3) is 10.8 Å². The predicted molar refractivity (Wildman–Crippen MR) is 97.8 cm³/mol. The second-order valence-corrected chi connectivity index (χ2v) is 5.69. The smallest absolute Gasteiger partial charge is 0.259 e. The number of nitrogens with one attached hydrogen (secondary N) is 1. The molecule has 1 amide bonds. The first-order valence-electron chi connectivity index (χ1n) is 7.79. The van der Waals surface area contributed by atoms with Gasteiger partial charge in [-0.05, 0) is 41.5 Å². The average molecular weight is 337 g/mol. The molecule has 0 saturated heterocycles. The average Bonchev–Trinajstić information content (AvgIpc) is 2.62. The van der Waals surface area contributed by atoms with Gasteiger partial charge in [0.2, 0.25) is 0 Å². The summed E-state index contributed by atoms with van der Waals surface area (Å²) in [5, 5.41) is 14.7. The highest BCUT2D eigenvalue weighted by Crippen LogP contribution is 2.33. The fourth-order valence-corrected chi connectivity index (χ4v) is 2.75. The fraction of sp³-hybridized carbons (Fsp3) is 0.150. The monoisotopic (exact) mass is 337 g/mol. The van der Waals surface area contributed by atoms with Crippen LogP contribution < -0.4 is 14.8 Å². The van der Waals surface area contributed by atoms with Crippen LogP contribution in [0.4, 0.5) is 5.69 Å². The fourth-order valence-electron chi connectivity index (χ4n) is 2.75. The summed E-state index contributed by atoms with van der Waals surface area (Å²) in [6, 6.07) is 14.3. The number of rotatable bonds is 4. The van der Waals surface area contributed by atoms with E-state index in [0.717, 1.165) is 16.3 Å². The van der Waals surface area contributed by atoms with Gasteiger partial charge in [-0.15, -0.1) is 0 Å². The highest BCUT2D eigenvalue weighted by atomic mass is 16.5. The molecule has 3 rings (SSSR count). The molecule has 0 bridgehead atoms. The Kier molecular flexibility index (Phi) is 4.48. The van der Waals surface area contributed by atoms with Crippen molar-refractivity contribution >= 4 is 22.4 Å². The number of aryl methyl sites for hydroxylation is 1. The number of benzene rings is 3. The number of anilines is 1. The van der Waals surface area contributed by atoms with Crippen LogP contribution >= 0.6 is 0 Å². The van der Waals surface area contributed by atoms with E-state index >= 15 is 0 Å². The van der Waals surface area contributed by atoms with E-state index in [9.17, 15) is 9.90 Å². The number of carbonyl (C=O) groups excluding carboxylic acids is 1. The maximum absolute atomic E-state index is 12.7. The van der Waals surface area contributed by atoms with Crippen LogP contribution in [-0.4, -0.2) is 25.2 Å². The number of aromatic hydroxyl groups is 1. The molecule has 0 heterocycles. The summed E-state index contributed by atoms with van der Waals surface area (Å²) in [4.78, 5) is 12.7. The second-order valence-electron chi connectivity index (χ2n) is 5.69. The number of ether oxygens (including phenoxy) is 2. The first-order valence-corrected chi connectivity index (χ1v) is 7.79. The van der Waals surface area contributed by atoms with Crippen LogP contribution in [0.2, 0.25) is 0 Å². The number of hydrogen-bond donors (Lipinski definition) is 2. The molecule has 3 aromatic rings. The lowest BCUT2D eigenvalue weighted by Crippen LogP contribution is -2.13. The molecule has 25 heavy (non-hydrogen) atoms. The van der Waals surface area contributed by atoms with Crippen molar-refractivity contribution in [3.8, 4) is 17.2 Å². The van der Waals surface area contributed by atoms with Crippen molar-refractivity contribution in [3.05, 3.63) is 59.7 Å². The van der Waals surface area contributed by atoms with E-state index < -0.39 is 5.91 Å². The Bertz CT molecular complexity index is 950. The van der Waals surface area contributed by atoms with E-state index in [0.29, 0.717) is 17.2 Å². The van der Waals surface area contributed by atoms with Crippen LogP contribution in [0, 0.1) is 6.92 Å². The molecule has 2 N–H and O–H groups in total. The molecule has 128 valence electrons. The van der Waals surface area contributed by atoms with E-state index in [1.54, 1.807) is 31.4 Å². The quantitative estimate of drug-likeness (QED) is 0.751. The summed E-state index contributed by atoms with van der Waals surface area (Å²) in [5.74, 6) is 0.660. The maximum Gasteiger partial charge on any atom is 0.259 e. The van der Waals surface area contributed by atoms with Gasteiger partial charge < -0.3 is 19.9 Å². The minimum atomic E-state index is -0.424. The zero-order valence-corrected chi connectivity index (χ0v) is 14.3. The molecule has 5 heteroatoms. The minimum absolute atomic E-state index is 0.0748. The lowest BCUT2D eigenvalue weighted by molar-refractivity contribution is 0.102. The molecule has 5 nitrogen and oxygen atoms in total. The zero-order chi connectivity index (χ0) is 18.0. The first-order chi connectivity index (χ1) is 12.0. The number of amides is 1. The Morgan fingerprint density at radius 2 is 1.60 bits per heavy atom.